The highest BCUT2D eigenvalue weighted by atomic mass is 16.6. The molecule has 0 heterocycles. The molecule has 0 aliphatic heterocycles. The van der Waals surface area contributed by atoms with Crippen LogP contribution in [0.4, 0.5) is 4.79 Å². The van der Waals surface area contributed by atoms with Gasteiger partial charge in [0.2, 0.25) is 5.91 Å². The fraction of sp³-hybridized carbons (Fsp3) is 0.485. The van der Waals surface area contributed by atoms with E-state index < -0.39 is 29.7 Å². The van der Waals surface area contributed by atoms with Gasteiger partial charge < -0.3 is 25.2 Å². The maximum absolute atomic E-state index is 12.8. The van der Waals surface area contributed by atoms with Crippen molar-refractivity contribution in [1.29, 1.82) is 0 Å². The molecule has 1 atom stereocenters. The van der Waals surface area contributed by atoms with Gasteiger partial charge in [-0.25, -0.2) is 10.2 Å². The topological polar surface area (TPSA) is 154 Å². The molecule has 3 N–H and O–H groups in total. The molecular weight excluding hydrogens is 562 g/mol. The zero-order valence-corrected chi connectivity index (χ0v) is 25.8. The summed E-state index contributed by atoms with van der Waals surface area (Å²) in [7, 11) is 1.64. The highest BCUT2D eigenvalue weighted by Gasteiger charge is 2.28. The summed E-state index contributed by atoms with van der Waals surface area (Å²) in [4.78, 5) is 40.8. The van der Waals surface area contributed by atoms with Gasteiger partial charge in [0.05, 0.1) is 18.7 Å². The van der Waals surface area contributed by atoms with Crippen LogP contribution in [0.25, 0.3) is 11.1 Å². The number of amides is 3. The van der Waals surface area contributed by atoms with E-state index in [-0.39, 0.29) is 36.7 Å². The molecule has 0 bridgehead atoms. The van der Waals surface area contributed by atoms with Gasteiger partial charge in [0, 0.05) is 32.0 Å². The average Bonchev–Trinajstić information content (AvgIpc) is 3.31. The highest BCUT2D eigenvalue weighted by Crippen LogP contribution is 2.44. The van der Waals surface area contributed by atoms with Crippen LogP contribution in [0, 0.1) is 11.8 Å². The largest absolute Gasteiger partial charge is 0.599 e. The van der Waals surface area contributed by atoms with Crippen molar-refractivity contribution in [3.05, 3.63) is 59.7 Å². The summed E-state index contributed by atoms with van der Waals surface area (Å²) < 4.78 is 11.0. The van der Waals surface area contributed by atoms with Gasteiger partial charge in [-0.05, 0) is 74.6 Å². The summed E-state index contributed by atoms with van der Waals surface area (Å²) in [5.74, 6) is -0.344. The molecule has 1 fully saturated rings. The van der Waals surface area contributed by atoms with Crippen LogP contribution in [0.3, 0.4) is 0 Å². The number of hydrazone groups is 1. The van der Waals surface area contributed by atoms with Gasteiger partial charge in [-0.1, -0.05) is 48.5 Å². The first kappa shape index (κ1) is 32.5. The van der Waals surface area contributed by atoms with Gasteiger partial charge in [-0.3, -0.25) is 14.6 Å². The molecule has 11 nitrogen and oxygen atoms in total. The lowest BCUT2D eigenvalue weighted by molar-refractivity contribution is -0.251. The van der Waals surface area contributed by atoms with Crippen molar-refractivity contribution >= 4 is 30.2 Å². The van der Waals surface area contributed by atoms with Gasteiger partial charge >= 0.3 is 12.0 Å². The third-order valence-corrected chi connectivity index (χ3v) is 7.83. The van der Waals surface area contributed by atoms with Crippen LogP contribution >= 0.6 is 0 Å². The Bertz CT molecular complexity index is 1330. The maximum atomic E-state index is 12.8. The van der Waals surface area contributed by atoms with E-state index in [9.17, 15) is 19.5 Å². The minimum absolute atomic E-state index is 0.0248. The fourth-order valence-electron chi connectivity index (χ4n) is 5.74. The van der Waals surface area contributed by atoms with E-state index in [0.717, 1.165) is 47.9 Å². The van der Waals surface area contributed by atoms with Crippen molar-refractivity contribution in [1.82, 2.24) is 16.1 Å². The first-order valence-electron chi connectivity index (χ1n) is 15.1. The molecule has 2 aliphatic rings. The van der Waals surface area contributed by atoms with E-state index in [1.807, 2.05) is 36.4 Å². The number of nitrogens with one attached hydrogen (secondary N) is 3. The van der Waals surface area contributed by atoms with Crippen molar-refractivity contribution in [3.8, 4) is 11.1 Å². The minimum atomic E-state index is -1.01. The Balaban J connectivity index is 1.34. The SMILES string of the molecule is CNC(=O)C1CCC(CNC(=O)N/N=C/[C@H](CC(=O)OC(C)(C)C)N=C([O-])OCC2c3ccccc3-c3ccccc32)CC1. The van der Waals surface area contributed by atoms with Gasteiger partial charge in [0.1, 0.15) is 11.7 Å². The molecule has 0 saturated heterocycles. The summed E-state index contributed by atoms with van der Waals surface area (Å²) in [6.45, 7) is 5.76. The van der Waals surface area contributed by atoms with Crippen LogP contribution in [0.2, 0.25) is 0 Å². The molecule has 44 heavy (non-hydrogen) atoms. The average molecular weight is 605 g/mol. The molecule has 0 radical (unpaired) electrons. The molecule has 0 unspecified atom stereocenters. The number of rotatable bonds is 10. The molecule has 1 saturated carbocycles. The zero-order chi connectivity index (χ0) is 31.7. The van der Waals surface area contributed by atoms with Gasteiger partial charge in [-0.2, -0.15) is 5.10 Å². The second-order valence-corrected chi connectivity index (χ2v) is 12.2. The Hall–Kier alpha value is -4.41. The third-order valence-electron chi connectivity index (χ3n) is 7.83. The number of benzene rings is 2. The Morgan fingerprint density at radius 1 is 1.00 bits per heavy atom. The summed E-state index contributed by atoms with van der Waals surface area (Å²) in [6.07, 6.45) is 3.38. The second-order valence-electron chi connectivity index (χ2n) is 12.2. The van der Waals surface area contributed by atoms with Crippen molar-refractivity contribution < 1.29 is 29.0 Å². The molecule has 0 aromatic heterocycles. The fourth-order valence-corrected chi connectivity index (χ4v) is 5.74. The van der Waals surface area contributed by atoms with Gasteiger partial charge in [-0.15, -0.1) is 0 Å². The van der Waals surface area contributed by atoms with Crippen molar-refractivity contribution in [2.75, 3.05) is 20.2 Å². The quantitative estimate of drug-likeness (QED) is 0.163. The van der Waals surface area contributed by atoms with E-state index in [0.29, 0.717) is 6.54 Å². The van der Waals surface area contributed by atoms with Crippen molar-refractivity contribution in [3.63, 3.8) is 0 Å². The van der Waals surface area contributed by atoms with Crippen LogP contribution < -0.4 is 21.2 Å². The lowest BCUT2D eigenvalue weighted by Crippen LogP contribution is -2.38. The number of fused-ring (bicyclic) bond motifs is 3. The summed E-state index contributed by atoms with van der Waals surface area (Å²) >= 11 is 0. The summed E-state index contributed by atoms with van der Waals surface area (Å²) in [6, 6.07) is 14.5. The van der Waals surface area contributed by atoms with Crippen LogP contribution in [-0.2, 0) is 19.1 Å². The molecule has 4 rings (SSSR count). The molecule has 11 heteroatoms. The molecule has 2 aliphatic carbocycles. The summed E-state index contributed by atoms with van der Waals surface area (Å²) in [5, 5.41) is 22.2. The minimum Gasteiger partial charge on any atom is -0.599 e. The maximum Gasteiger partial charge on any atom is 0.335 e. The predicted molar refractivity (Wildman–Crippen MR) is 166 cm³/mol. The molecule has 236 valence electrons. The van der Waals surface area contributed by atoms with Gasteiger partial charge in [0.25, 0.3) is 0 Å². The lowest BCUT2D eigenvalue weighted by Gasteiger charge is -2.27. The van der Waals surface area contributed by atoms with E-state index in [4.69, 9.17) is 9.47 Å². The van der Waals surface area contributed by atoms with Crippen LogP contribution in [0.15, 0.2) is 58.6 Å². The number of carbonyl (C=O) groups excluding carboxylic acids is 3. The Kier molecular flexibility index (Phi) is 11.0. The van der Waals surface area contributed by atoms with Crippen molar-refractivity contribution in [2.24, 2.45) is 21.9 Å². The highest BCUT2D eigenvalue weighted by molar-refractivity contribution is 5.82. The molecule has 2 aromatic rings. The zero-order valence-electron chi connectivity index (χ0n) is 25.8. The molecule has 2 aromatic carbocycles. The number of carbonyl (C=O) groups is 3. The Labute approximate surface area is 258 Å². The summed E-state index contributed by atoms with van der Waals surface area (Å²) in [5.41, 5.74) is 6.01. The molecule has 3 amide bonds. The van der Waals surface area contributed by atoms with E-state index in [1.54, 1.807) is 27.8 Å². The van der Waals surface area contributed by atoms with Crippen LogP contribution in [-0.4, -0.2) is 62.0 Å². The monoisotopic (exact) mass is 604 g/mol. The Morgan fingerprint density at radius 3 is 2.20 bits per heavy atom. The number of ether oxygens (including phenoxy) is 2. The molecular formula is C33H42N5O6-. The van der Waals surface area contributed by atoms with Crippen molar-refractivity contribution in [2.45, 2.75) is 70.4 Å². The van der Waals surface area contributed by atoms with E-state index in [2.05, 4.69) is 38.3 Å². The number of hydrogen-bond donors (Lipinski definition) is 3. The number of esters is 1. The Morgan fingerprint density at radius 2 is 1.61 bits per heavy atom. The van der Waals surface area contributed by atoms with Crippen LogP contribution in [0.1, 0.15) is 69.9 Å². The second kappa shape index (κ2) is 14.9. The van der Waals surface area contributed by atoms with Crippen LogP contribution in [0.5, 0.6) is 0 Å². The predicted octanol–water partition coefficient (Wildman–Crippen LogP) is 3.47. The third kappa shape index (κ3) is 9.05. The number of urea groups is 1. The number of nitrogens with zero attached hydrogens (tertiary/aromatic N) is 2. The lowest BCUT2D eigenvalue weighted by atomic mass is 9.81. The normalized spacial score (nSPS) is 19.0. The molecule has 0 spiro atoms. The van der Waals surface area contributed by atoms with E-state index >= 15 is 0 Å². The first-order chi connectivity index (χ1) is 21.0. The number of hydrogen-bond acceptors (Lipinski definition) is 8. The number of aliphatic imine (C=N–C) groups is 1. The van der Waals surface area contributed by atoms with E-state index in [1.165, 1.54) is 6.21 Å². The van der Waals surface area contributed by atoms with Gasteiger partial charge in [0.15, 0.2) is 0 Å². The smallest absolute Gasteiger partial charge is 0.335 e. The standard InChI is InChI=1S/C33H43N5O6/c1-33(2,3)44-29(39)17-23(19-36-38-31(41)35-18-21-13-15-22(16-14-21)30(40)34-4)37-32(42)43-20-28-26-11-7-5-9-24(26)25-10-6-8-12-27(25)28/h5-12,19,21-23,28H,13-18,20H2,1-4H3,(H,34,40)(H,37,42)(H2,35,38,41)/p-1/b36-19+/t21?,22?,23-/m0/s1. The first-order valence-corrected chi connectivity index (χ1v) is 15.1.